The lowest BCUT2D eigenvalue weighted by Gasteiger charge is -2.33. The molecule has 0 spiro atoms. The van der Waals surface area contributed by atoms with Gasteiger partial charge in [0.25, 0.3) is 5.91 Å². The predicted octanol–water partition coefficient (Wildman–Crippen LogP) is 4.97. The Labute approximate surface area is 215 Å². The maximum absolute atomic E-state index is 13.2. The van der Waals surface area contributed by atoms with Gasteiger partial charge in [0.2, 0.25) is 5.91 Å². The Hall–Kier alpha value is -3.84. The van der Waals surface area contributed by atoms with E-state index < -0.39 is 0 Å². The molecule has 0 atom stereocenters. The Balaban J connectivity index is 1.23. The smallest absolute Gasteiger partial charge is 0.267 e. The van der Waals surface area contributed by atoms with Crippen LogP contribution in [0.5, 0.6) is 0 Å². The highest BCUT2D eigenvalue weighted by Gasteiger charge is 2.22. The molecular weight excluding hydrogens is 474 g/mol. The zero-order valence-corrected chi connectivity index (χ0v) is 20.6. The van der Waals surface area contributed by atoms with Gasteiger partial charge < -0.3 is 20.1 Å². The second-order valence-corrected chi connectivity index (χ2v) is 9.51. The van der Waals surface area contributed by atoms with E-state index in [0.29, 0.717) is 28.9 Å². The summed E-state index contributed by atoms with van der Waals surface area (Å²) in [5.41, 5.74) is 3.18. The number of para-hydroxylation sites is 1. The van der Waals surface area contributed by atoms with Crippen molar-refractivity contribution in [1.29, 1.82) is 0 Å². The molecule has 2 N–H and O–H groups in total. The zero-order valence-electron chi connectivity index (χ0n) is 19.9. The highest BCUT2D eigenvalue weighted by molar-refractivity contribution is 6.30. The van der Waals surface area contributed by atoms with Crippen LogP contribution in [-0.4, -0.2) is 41.0 Å². The maximum atomic E-state index is 13.2. The summed E-state index contributed by atoms with van der Waals surface area (Å²) in [5, 5.41) is 7.53. The Kier molecular flexibility index (Phi) is 7.18. The van der Waals surface area contributed by atoms with Crippen LogP contribution in [0.1, 0.15) is 23.3 Å². The van der Waals surface area contributed by atoms with Crippen LogP contribution in [0, 0.1) is 5.92 Å². The number of piperidine rings is 1. The summed E-state index contributed by atoms with van der Waals surface area (Å²) >= 11 is 5.94. The van der Waals surface area contributed by atoms with Crippen molar-refractivity contribution in [2.24, 2.45) is 5.92 Å². The molecule has 0 saturated carbocycles. The molecule has 0 aliphatic carbocycles. The summed E-state index contributed by atoms with van der Waals surface area (Å²) in [4.78, 5) is 32.5. The third-order valence-corrected chi connectivity index (χ3v) is 6.92. The van der Waals surface area contributed by atoms with Crippen molar-refractivity contribution in [3.05, 3.63) is 89.8 Å². The van der Waals surface area contributed by atoms with Gasteiger partial charge >= 0.3 is 0 Å². The topological polar surface area (TPSA) is 79.3 Å². The van der Waals surface area contributed by atoms with Gasteiger partial charge in [0, 0.05) is 59.3 Å². The van der Waals surface area contributed by atoms with Gasteiger partial charge in [0.1, 0.15) is 12.2 Å². The lowest BCUT2D eigenvalue weighted by Crippen LogP contribution is -2.39. The van der Waals surface area contributed by atoms with E-state index in [4.69, 9.17) is 11.6 Å². The summed E-state index contributed by atoms with van der Waals surface area (Å²) in [7, 11) is 0. The highest BCUT2D eigenvalue weighted by Crippen LogP contribution is 2.23. The van der Waals surface area contributed by atoms with E-state index in [1.807, 2.05) is 54.9 Å². The third kappa shape index (κ3) is 5.52. The SMILES string of the molecule is O=C(Cn1c(C(=O)NCC2CCN(c3ccncc3)CC2)cc2ccccc21)Nc1ccc(Cl)cc1. The predicted molar refractivity (Wildman–Crippen MR) is 144 cm³/mol. The molecule has 2 amide bonds. The standard InChI is InChI=1S/C28H28ClN5O2/c29-22-5-7-23(8-6-22)32-27(35)19-34-25-4-2-1-3-21(25)17-26(34)28(36)31-18-20-11-15-33(16-12-20)24-9-13-30-14-10-24/h1-10,13-14,17,20H,11-12,15-16,18-19H2,(H,31,36)(H,32,35). The average molecular weight is 502 g/mol. The van der Waals surface area contributed by atoms with E-state index in [0.717, 1.165) is 36.8 Å². The summed E-state index contributed by atoms with van der Waals surface area (Å²) in [6.45, 7) is 2.55. The number of nitrogens with one attached hydrogen (secondary N) is 2. The molecule has 1 saturated heterocycles. The van der Waals surface area contributed by atoms with Crippen molar-refractivity contribution in [1.82, 2.24) is 14.9 Å². The molecule has 0 radical (unpaired) electrons. The molecule has 2 aromatic carbocycles. The average Bonchev–Trinajstić information content (AvgIpc) is 3.28. The van der Waals surface area contributed by atoms with E-state index in [9.17, 15) is 9.59 Å². The largest absolute Gasteiger partial charge is 0.371 e. The summed E-state index contributed by atoms with van der Waals surface area (Å²) in [6, 6.07) is 20.6. The number of carbonyl (C=O) groups is 2. The first-order valence-electron chi connectivity index (χ1n) is 12.1. The van der Waals surface area contributed by atoms with Crippen LogP contribution in [0.15, 0.2) is 79.1 Å². The number of hydrogen-bond acceptors (Lipinski definition) is 4. The number of nitrogens with zero attached hydrogens (tertiary/aromatic N) is 3. The molecule has 184 valence electrons. The Morgan fingerprint density at radius 3 is 2.44 bits per heavy atom. The fraction of sp³-hybridized carbons (Fsp3) is 0.250. The van der Waals surface area contributed by atoms with E-state index >= 15 is 0 Å². The quantitative estimate of drug-likeness (QED) is 0.374. The molecule has 0 bridgehead atoms. The van der Waals surface area contributed by atoms with E-state index in [-0.39, 0.29) is 18.4 Å². The molecule has 8 heteroatoms. The van der Waals surface area contributed by atoms with Crippen LogP contribution >= 0.6 is 11.6 Å². The lowest BCUT2D eigenvalue weighted by molar-refractivity contribution is -0.116. The van der Waals surface area contributed by atoms with Crippen molar-refractivity contribution in [2.45, 2.75) is 19.4 Å². The van der Waals surface area contributed by atoms with Crippen LogP contribution in [0.2, 0.25) is 5.02 Å². The minimum Gasteiger partial charge on any atom is -0.371 e. The van der Waals surface area contributed by atoms with E-state index in [2.05, 4.69) is 20.5 Å². The monoisotopic (exact) mass is 501 g/mol. The van der Waals surface area contributed by atoms with Gasteiger partial charge in [-0.05, 0) is 67.3 Å². The van der Waals surface area contributed by atoms with Gasteiger partial charge in [-0.3, -0.25) is 14.6 Å². The summed E-state index contributed by atoms with van der Waals surface area (Å²) < 4.78 is 1.78. The lowest BCUT2D eigenvalue weighted by atomic mass is 9.96. The van der Waals surface area contributed by atoms with Gasteiger partial charge in [-0.25, -0.2) is 0 Å². The van der Waals surface area contributed by atoms with Crippen LogP contribution in [0.3, 0.4) is 0 Å². The number of carbonyl (C=O) groups excluding carboxylic acids is 2. The number of anilines is 2. The van der Waals surface area contributed by atoms with Crippen LogP contribution in [0.25, 0.3) is 10.9 Å². The summed E-state index contributed by atoms with van der Waals surface area (Å²) in [5.74, 6) is 0.0383. The van der Waals surface area contributed by atoms with Crippen LogP contribution < -0.4 is 15.5 Å². The minimum atomic E-state index is -0.212. The second-order valence-electron chi connectivity index (χ2n) is 9.08. The van der Waals surface area contributed by atoms with Crippen molar-refractivity contribution >= 4 is 45.7 Å². The van der Waals surface area contributed by atoms with Crippen LogP contribution in [0.4, 0.5) is 11.4 Å². The molecule has 3 heterocycles. The number of halogens is 1. The van der Waals surface area contributed by atoms with Crippen molar-refractivity contribution < 1.29 is 9.59 Å². The fourth-order valence-corrected chi connectivity index (χ4v) is 4.85. The van der Waals surface area contributed by atoms with Crippen molar-refractivity contribution in [3.63, 3.8) is 0 Å². The van der Waals surface area contributed by atoms with Crippen molar-refractivity contribution in [2.75, 3.05) is 29.9 Å². The van der Waals surface area contributed by atoms with Crippen molar-refractivity contribution in [3.8, 4) is 0 Å². The number of amides is 2. The molecule has 1 aliphatic rings. The van der Waals surface area contributed by atoms with Gasteiger partial charge in [-0.1, -0.05) is 29.8 Å². The first kappa shape index (κ1) is 23.9. The first-order valence-corrected chi connectivity index (χ1v) is 12.5. The normalized spacial score (nSPS) is 14.1. The zero-order chi connectivity index (χ0) is 24.9. The Morgan fingerprint density at radius 2 is 1.69 bits per heavy atom. The number of rotatable bonds is 7. The molecule has 4 aromatic rings. The molecule has 7 nitrogen and oxygen atoms in total. The van der Waals surface area contributed by atoms with Crippen LogP contribution in [-0.2, 0) is 11.3 Å². The minimum absolute atomic E-state index is 0.0310. The fourth-order valence-electron chi connectivity index (χ4n) is 4.72. The van der Waals surface area contributed by atoms with E-state index in [1.54, 1.807) is 28.8 Å². The molecule has 2 aromatic heterocycles. The number of fused-ring (bicyclic) bond motifs is 1. The van der Waals surface area contributed by atoms with Gasteiger partial charge in [0.05, 0.1) is 0 Å². The second kappa shape index (κ2) is 10.8. The van der Waals surface area contributed by atoms with Gasteiger partial charge in [-0.2, -0.15) is 0 Å². The highest BCUT2D eigenvalue weighted by atomic mass is 35.5. The third-order valence-electron chi connectivity index (χ3n) is 6.67. The molecule has 1 aliphatic heterocycles. The number of pyridine rings is 1. The molecule has 0 unspecified atom stereocenters. The molecule has 1 fully saturated rings. The number of aromatic nitrogens is 2. The molecular formula is C28H28ClN5O2. The summed E-state index contributed by atoms with van der Waals surface area (Å²) in [6.07, 6.45) is 5.65. The van der Waals surface area contributed by atoms with E-state index in [1.165, 1.54) is 5.69 Å². The first-order chi connectivity index (χ1) is 17.6. The maximum Gasteiger partial charge on any atom is 0.267 e. The van der Waals surface area contributed by atoms with Gasteiger partial charge in [0.15, 0.2) is 0 Å². The number of hydrogen-bond donors (Lipinski definition) is 2. The Morgan fingerprint density at radius 1 is 0.972 bits per heavy atom. The molecule has 36 heavy (non-hydrogen) atoms. The number of benzene rings is 2. The molecule has 5 rings (SSSR count). The Bertz CT molecular complexity index is 1350. The van der Waals surface area contributed by atoms with Gasteiger partial charge in [-0.15, -0.1) is 0 Å².